The number of fused-ring (bicyclic) bond motifs is 1. The van der Waals surface area contributed by atoms with Crippen LogP contribution >= 0.6 is 0 Å². The highest BCUT2D eigenvalue weighted by atomic mass is 19.4. The van der Waals surface area contributed by atoms with E-state index in [9.17, 15) is 13.2 Å². The molecule has 0 amide bonds. The molecule has 1 aliphatic heterocycles. The van der Waals surface area contributed by atoms with Crippen molar-refractivity contribution >= 4 is 0 Å². The van der Waals surface area contributed by atoms with E-state index in [4.69, 9.17) is 0 Å². The maximum absolute atomic E-state index is 12.5. The van der Waals surface area contributed by atoms with Crippen molar-refractivity contribution in [2.75, 3.05) is 6.54 Å². The molecule has 1 aromatic rings. The number of hydrogen-bond acceptors (Lipinski definition) is 3. The van der Waals surface area contributed by atoms with Gasteiger partial charge < -0.3 is 9.88 Å². The van der Waals surface area contributed by atoms with Gasteiger partial charge in [0.1, 0.15) is 0 Å². The summed E-state index contributed by atoms with van der Waals surface area (Å²) in [5, 5.41) is 9.91. The number of alkyl halides is 3. The number of hydrogen-bond donors (Lipinski definition) is 1. The fraction of sp³-hybridized carbons (Fsp3) is 0.750. The summed E-state index contributed by atoms with van der Waals surface area (Å²) in [7, 11) is 0. The first-order chi connectivity index (χ1) is 6.82. The first-order valence-corrected chi connectivity index (χ1v) is 4.58. The lowest BCUT2D eigenvalue weighted by molar-refractivity contribution is -0.147. The molecule has 0 aromatic carbocycles. The SMILES string of the molecule is CC1(C)NCCn2c(C(F)(F)F)nnc21. The van der Waals surface area contributed by atoms with E-state index in [2.05, 4.69) is 15.5 Å². The van der Waals surface area contributed by atoms with Gasteiger partial charge in [-0.15, -0.1) is 10.2 Å². The first-order valence-electron chi connectivity index (χ1n) is 4.58. The topological polar surface area (TPSA) is 42.7 Å². The predicted molar refractivity (Wildman–Crippen MR) is 46.1 cm³/mol. The molecule has 0 radical (unpaired) electrons. The normalized spacial score (nSPS) is 20.1. The number of nitrogens with one attached hydrogen (secondary N) is 1. The lowest BCUT2D eigenvalue weighted by atomic mass is 10.0. The maximum Gasteiger partial charge on any atom is 0.451 e. The van der Waals surface area contributed by atoms with E-state index < -0.39 is 17.5 Å². The summed E-state index contributed by atoms with van der Waals surface area (Å²) < 4.78 is 38.7. The Bertz CT molecular complexity index is 366. The summed E-state index contributed by atoms with van der Waals surface area (Å²) in [5.41, 5.74) is -0.561. The molecule has 0 fully saturated rings. The van der Waals surface area contributed by atoms with Crippen molar-refractivity contribution in [1.82, 2.24) is 20.1 Å². The van der Waals surface area contributed by atoms with Gasteiger partial charge in [0, 0.05) is 13.1 Å². The summed E-state index contributed by atoms with van der Waals surface area (Å²) in [6, 6.07) is 0. The summed E-state index contributed by atoms with van der Waals surface area (Å²) in [6.45, 7) is 4.31. The second kappa shape index (κ2) is 2.94. The first kappa shape index (κ1) is 10.4. The van der Waals surface area contributed by atoms with E-state index in [0.29, 0.717) is 12.4 Å². The monoisotopic (exact) mass is 220 g/mol. The Morgan fingerprint density at radius 3 is 2.60 bits per heavy atom. The molecular weight excluding hydrogens is 209 g/mol. The van der Waals surface area contributed by atoms with E-state index in [0.717, 1.165) is 4.57 Å². The Morgan fingerprint density at radius 2 is 2.00 bits per heavy atom. The third-order valence-electron chi connectivity index (χ3n) is 2.47. The van der Waals surface area contributed by atoms with E-state index in [-0.39, 0.29) is 6.54 Å². The smallest absolute Gasteiger partial charge is 0.305 e. The van der Waals surface area contributed by atoms with Crippen LogP contribution in [0.2, 0.25) is 0 Å². The Balaban J connectivity index is 2.52. The Morgan fingerprint density at radius 1 is 1.33 bits per heavy atom. The minimum absolute atomic E-state index is 0.251. The van der Waals surface area contributed by atoms with Gasteiger partial charge in [-0.1, -0.05) is 0 Å². The minimum Gasteiger partial charge on any atom is -0.305 e. The number of halogens is 3. The standard InChI is InChI=1S/C8H11F3N4/c1-7(2)5-13-14-6(8(9,10)11)15(5)4-3-12-7/h12H,3-4H2,1-2H3. The van der Waals surface area contributed by atoms with Crippen molar-refractivity contribution in [3.05, 3.63) is 11.6 Å². The van der Waals surface area contributed by atoms with Gasteiger partial charge in [0.15, 0.2) is 5.82 Å². The van der Waals surface area contributed by atoms with Crippen molar-refractivity contribution in [2.45, 2.75) is 32.1 Å². The summed E-state index contributed by atoms with van der Waals surface area (Å²) in [6.07, 6.45) is -4.43. The molecular formula is C8H11F3N4. The van der Waals surface area contributed by atoms with Gasteiger partial charge >= 0.3 is 6.18 Å². The zero-order valence-electron chi connectivity index (χ0n) is 8.39. The average Bonchev–Trinajstić information content (AvgIpc) is 2.46. The van der Waals surface area contributed by atoms with Crippen LogP contribution in [-0.2, 0) is 18.3 Å². The van der Waals surface area contributed by atoms with Crippen LogP contribution in [0.1, 0.15) is 25.5 Å². The van der Waals surface area contributed by atoms with E-state index in [1.807, 2.05) is 0 Å². The van der Waals surface area contributed by atoms with Crippen molar-refractivity contribution < 1.29 is 13.2 Å². The van der Waals surface area contributed by atoms with Crippen LogP contribution in [0.4, 0.5) is 13.2 Å². The molecule has 0 spiro atoms. The molecule has 4 nitrogen and oxygen atoms in total. The second-order valence-electron chi connectivity index (χ2n) is 4.05. The highest BCUT2D eigenvalue weighted by molar-refractivity contribution is 5.10. The van der Waals surface area contributed by atoms with Crippen LogP contribution in [0, 0.1) is 0 Å². The fourth-order valence-electron chi connectivity index (χ4n) is 1.75. The highest BCUT2D eigenvalue weighted by Gasteiger charge is 2.42. The highest BCUT2D eigenvalue weighted by Crippen LogP contribution is 2.31. The molecule has 15 heavy (non-hydrogen) atoms. The third-order valence-corrected chi connectivity index (χ3v) is 2.47. The molecule has 1 N–H and O–H groups in total. The summed E-state index contributed by atoms with van der Waals surface area (Å²) >= 11 is 0. The van der Waals surface area contributed by atoms with Gasteiger partial charge in [0.05, 0.1) is 5.54 Å². The molecule has 0 bridgehead atoms. The van der Waals surface area contributed by atoms with Crippen LogP contribution in [0.15, 0.2) is 0 Å². The Labute approximate surface area is 84.5 Å². The molecule has 0 aliphatic carbocycles. The fourth-order valence-corrected chi connectivity index (χ4v) is 1.75. The van der Waals surface area contributed by atoms with Crippen molar-refractivity contribution in [2.24, 2.45) is 0 Å². The van der Waals surface area contributed by atoms with Gasteiger partial charge in [-0.05, 0) is 13.8 Å². The number of nitrogens with zero attached hydrogens (tertiary/aromatic N) is 3. The molecule has 1 aromatic heterocycles. The van der Waals surface area contributed by atoms with Crippen LogP contribution < -0.4 is 5.32 Å². The summed E-state index contributed by atoms with van der Waals surface area (Å²) in [4.78, 5) is 0. The lowest BCUT2D eigenvalue weighted by Crippen LogP contribution is -2.46. The van der Waals surface area contributed by atoms with Gasteiger partial charge in [-0.25, -0.2) is 0 Å². The van der Waals surface area contributed by atoms with Gasteiger partial charge in [-0.2, -0.15) is 13.2 Å². The maximum atomic E-state index is 12.5. The van der Waals surface area contributed by atoms with Crippen molar-refractivity contribution in [3.8, 4) is 0 Å². The van der Waals surface area contributed by atoms with Gasteiger partial charge in [0.2, 0.25) is 5.82 Å². The van der Waals surface area contributed by atoms with E-state index in [1.54, 1.807) is 13.8 Å². The average molecular weight is 220 g/mol. The van der Waals surface area contributed by atoms with Crippen molar-refractivity contribution in [1.29, 1.82) is 0 Å². The molecule has 2 rings (SSSR count). The quantitative estimate of drug-likeness (QED) is 0.712. The van der Waals surface area contributed by atoms with Crippen LogP contribution in [-0.4, -0.2) is 21.3 Å². The molecule has 84 valence electrons. The summed E-state index contributed by atoms with van der Waals surface area (Å²) in [5.74, 6) is -0.576. The Hall–Kier alpha value is -1.11. The number of rotatable bonds is 0. The molecule has 0 saturated heterocycles. The Kier molecular flexibility index (Phi) is 2.04. The second-order valence-corrected chi connectivity index (χ2v) is 4.05. The molecule has 0 saturated carbocycles. The molecule has 1 aliphatic rings. The van der Waals surface area contributed by atoms with Crippen LogP contribution in [0.3, 0.4) is 0 Å². The van der Waals surface area contributed by atoms with Crippen LogP contribution in [0.25, 0.3) is 0 Å². The number of aromatic nitrogens is 3. The van der Waals surface area contributed by atoms with Gasteiger partial charge in [0.25, 0.3) is 0 Å². The minimum atomic E-state index is -4.43. The van der Waals surface area contributed by atoms with Crippen molar-refractivity contribution in [3.63, 3.8) is 0 Å². The molecule has 7 heteroatoms. The molecule has 2 heterocycles. The van der Waals surface area contributed by atoms with Gasteiger partial charge in [-0.3, -0.25) is 0 Å². The zero-order valence-corrected chi connectivity index (χ0v) is 8.39. The third kappa shape index (κ3) is 1.60. The van der Waals surface area contributed by atoms with E-state index in [1.165, 1.54) is 0 Å². The molecule has 0 unspecified atom stereocenters. The van der Waals surface area contributed by atoms with Crippen LogP contribution in [0.5, 0.6) is 0 Å². The zero-order chi connectivity index (χ0) is 11.3. The molecule has 0 atom stereocenters. The predicted octanol–water partition coefficient (Wildman–Crippen LogP) is 1.14. The largest absolute Gasteiger partial charge is 0.451 e. The van der Waals surface area contributed by atoms with E-state index >= 15 is 0 Å². The lowest BCUT2D eigenvalue weighted by Gasteiger charge is -2.31.